The van der Waals surface area contributed by atoms with Gasteiger partial charge in [-0.25, -0.2) is 4.98 Å². The molecule has 0 radical (unpaired) electrons. The van der Waals surface area contributed by atoms with E-state index in [9.17, 15) is 9.59 Å². The van der Waals surface area contributed by atoms with Gasteiger partial charge in [0.25, 0.3) is 11.8 Å². The number of anilines is 1. The predicted molar refractivity (Wildman–Crippen MR) is 106 cm³/mol. The van der Waals surface area contributed by atoms with E-state index < -0.39 is 0 Å². The monoisotopic (exact) mass is 397 g/mol. The number of nitrogens with zero attached hydrogens (tertiary/aromatic N) is 2. The maximum absolute atomic E-state index is 12.5. The summed E-state index contributed by atoms with van der Waals surface area (Å²) >= 11 is 2.55. The number of benzene rings is 1. The predicted octanol–water partition coefficient (Wildman–Crippen LogP) is 3.57. The summed E-state index contributed by atoms with van der Waals surface area (Å²) in [4.78, 5) is 29.9. The van der Waals surface area contributed by atoms with E-state index in [1.807, 2.05) is 31.2 Å². The number of hydrogen-bond donors (Lipinski definition) is 3. The second kappa shape index (κ2) is 7.29. The average molecular weight is 397 g/mol. The molecule has 4 aromatic rings. The number of carbonyl (C=O) groups is 2. The van der Waals surface area contributed by atoms with Gasteiger partial charge in [0.05, 0.1) is 10.3 Å². The molecular formula is C18H15N5O2S2. The van der Waals surface area contributed by atoms with Crippen molar-refractivity contribution >= 4 is 50.5 Å². The molecule has 0 fully saturated rings. The van der Waals surface area contributed by atoms with Crippen LogP contribution in [0.4, 0.5) is 5.82 Å². The van der Waals surface area contributed by atoms with E-state index in [0.29, 0.717) is 27.6 Å². The van der Waals surface area contributed by atoms with Gasteiger partial charge in [-0.1, -0.05) is 29.8 Å². The Hall–Kier alpha value is -3.04. The number of rotatable bonds is 5. The minimum atomic E-state index is -0.324. The number of aromatic nitrogens is 3. The molecule has 1 aromatic carbocycles. The number of nitrogens with one attached hydrogen (secondary N) is 3. The Kier molecular flexibility index (Phi) is 4.69. The molecule has 3 heterocycles. The van der Waals surface area contributed by atoms with Crippen molar-refractivity contribution in [2.75, 3.05) is 5.32 Å². The molecule has 136 valence electrons. The standard InChI is InChI=1S/C18H15N5O2S2/c1-10-3-2-4-11(7-10)9-20-15(24)13-8-12-14(22-23-17(12)27-13)21-16(25)18-19-5-6-26-18/h2-8H,9H2,1H3,(H,20,24)(H2,21,22,23,25). The normalized spacial score (nSPS) is 10.9. The fourth-order valence-electron chi connectivity index (χ4n) is 2.61. The van der Waals surface area contributed by atoms with Crippen LogP contribution in [0.25, 0.3) is 10.2 Å². The molecule has 3 N–H and O–H groups in total. The number of H-pyrrole nitrogens is 1. The highest BCUT2D eigenvalue weighted by Crippen LogP contribution is 2.29. The first kappa shape index (κ1) is 17.4. The van der Waals surface area contributed by atoms with Crippen molar-refractivity contribution in [3.63, 3.8) is 0 Å². The van der Waals surface area contributed by atoms with Crippen molar-refractivity contribution in [3.8, 4) is 0 Å². The lowest BCUT2D eigenvalue weighted by atomic mass is 10.1. The van der Waals surface area contributed by atoms with Crippen molar-refractivity contribution in [1.29, 1.82) is 0 Å². The fourth-order valence-corrected chi connectivity index (χ4v) is 4.06. The Morgan fingerprint density at radius 3 is 2.89 bits per heavy atom. The average Bonchev–Trinajstić information content (AvgIpc) is 3.38. The number of carbonyl (C=O) groups excluding carboxylic acids is 2. The zero-order valence-corrected chi connectivity index (χ0v) is 15.9. The number of aromatic amines is 1. The van der Waals surface area contributed by atoms with Crippen molar-refractivity contribution in [2.45, 2.75) is 13.5 Å². The lowest BCUT2D eigenvalue weighted by Gasteiger charge is -2.04. The van der Waals surface area contributed by atoms with E-state index in [2.05, 4.69) is 25.8 Å². The Labute approximate surface area is 162 Å². The highest BCUT2D eigenvalue weighted by Gasteiger charge is 2.17. The Balaban J connectivity index is 1.47. The van der Waals surface area contributed by atoms with E-state index in [4.69, 9.17) is 0 Å². The van der Waals surface area contributed by atoms with Gasteiger partial charge in [-0.05, 0) is 18.6 Å². The summed E-state index contributed by atoms with van der Waals surface area (Å²) in [6.07, 6.45) is 1.57. The number of hydrogen-bond acceptors (Lipinski definition) is 6. The number of aryl methyl sites for hydroxylation is 1. The van der Waals surface area contributed by atoms with Crippen LogP contribution in [-0.4, -0.2) is 27.0 Å². The molecule has 0 saturated heterocycles. The summed E-state index contributed by atoms with van der Waals surface area (Å²) in [5, 5.41) is 15.4. The van der Waals surface area contributed by atoms with Gasteiger partial charge >= 0.3 is 0 Å². The molecular weight excluding hydrogens is 382 g/mol. The minimum absolute atomic E-state index is 0.164. The third kappa shape index (κ3) is 3.74. The molecule has 27 heavy (non-hydrogen) atoms. The first-order chi connectivity index (χ1) is 13.1. The maximum atomic E-state index is 12.5. The van der Waals surface area contributed by atoms with Crippen molar-refractivity contribution in [1.82, 2.24) is 20.5 Å². The minimum Gasteiger partial charge on any atom is -0.347 e. The summed E-state index contributed by atoms with van der Waals surface area (Å²) in [5.74, 6) is -0.0995. The largest absolute Gasteiger partial charge is 0.347 e. The van der Waals surface area contributed by atoms with Gasteiger partial charge in [0.15, 0.2) is 10.8 Å². The van der Waals surface area contributed by atoms with E-state index in [-0.39, 0.29) is 11.8 Å². The smallest absolute Gasteiger partial charge is 0.285 e. The Morgan fingerprint density at radius 1 is 1.22 bits per heavy atom. The number of thiazole rings is 1. The van der Waals surface area contributed by atoms with Crippen LogP contribution in [0.2, 0.25) is 0 Å². The molecule has 3 aromatic heterocycles. The van der Waals surface area contributed by atoms with Crippen LogP contribution < -0.4 is 10.6 Å². The lowest BCUT2D eigenvalue weighted by molar-refractivity contribution is 0.0954. The van der Waals surface area contributed by atoms with Crippen molar-refractivity contribution < 1.29 is 9.59 Å². The first-order valence-corrected chi connectivity index (χ1v) is 9.82. The number of amides is 2. The van der Waals surface area contributed by atoms with Crippen molar-refractivity contribution in [3.05, 3.63) is 62.9 Å². The summed E-state index contributed by atoms with van der Waals surface area (Å²) < 4.78 is 0. The SMILES string of the molecule is Cc1cccc(CNC(=O)c2cc3c(NC(=O)c4nccs4)n[nH]c3s2)c1. The van der Waals surface area contributed by atoms with Gasteiger partial charge in [0, 0.05) is 18.1 Å². The molecule has 0 aliphatic heterocycles. The maximum Gasteiger partial charge on any atom is 0.285 e. The van der Waals surface area contributed by atoms with Gasteiger partial charge in [-0.15, -0.1) is 22.7 Å². The molecule has 0 atom stereocenters. The Morgan fingerprint density at radius 2 is 2.11 bits per heavy atom. The third-order valence-corrected chi connectivity index (χ3v) is 5.68. The van der Waals surface area contributed by atoms with Gasteiger partial charge in [-0.2, -0.15) is 5.10 Å². The fraction of sp³-hybridized carbons (Fsp3) is 0.111. The Bertz CT molecular complexity index is 1110. The molecule has 0 bridgehead atoms. The van der Waals surface area contributed by atoms with E-state index in [1.54, 1.807) is 17.6 Å². The topological polar surface area (TPSA) is 99.8 Å². The third-order valence-electron chi connectivity index (χ3n) is 3.87. The highest BCUT2D eigenvalue weighted by molar-refractivity contribution is 7.20. The molecule has 0 aliphatic rings. The number of fused-ring (bicyclic) bond motifs is 1. The summed E-state index contributed by atoms with van der Waals surface area (Å²) in [6, 6.07) is 9.72. The second-order valence-corrected chi connectivity index (χ2v) is 7.84. The zero-order valence-electron chi connectivity index (χ0n) is 14.3. The van der Waals surface area contributed by atoms with Gasteiger partial charge < -0.3 is 10.6 Å². The summed E-state index contributed by atoms with van der Waals surface area (Å²) in [5.41, 5.74) is 2.20. The van der Waals surface area contributed by atoms with Crippen LogP contribution in [0.5, 0.6) is 0 Å². The molecule has 0 unspecified atom stereocenters. The van der Waals surface area contributed by atoms with Crippen LogP contribution in [0, 0.1) is 6.92 Å². The van der Waals surface area contributed by atoms with Gasteiger partial charge in [0.2, 0.25) is 0 Å². The molecule has 2 amide bonds. The second-order valence-electron chi connectivity index (χ2n) is 5.89. The van der Waals surface area contributed by atoms with Crippen LogP contribution in [0.3, 0.4) is 0 Å². The highest BCUT2D eigenvalue weighted by atomic mass is 32.1. The molecule has 9 heteroatoms. The van der Waals surface area contributed by atoms with Gasteiger partial charge in [0.1, 0.15) is 4.83 Å². The summed E-state index contributed by atoms with van der Waals surface area (Å²) in [7, 11) is 0. The van der Waals surface area contributed by atoms with E-state index in [0.717, 1.165) is 16.0 Å². The molecule has 0 spiro atoms. The van der Waals surface area contributed by atoms with Crippen LogP contribution in [0.15, 0.2) is 41.9 Å². The number of thiophene rings is 1. The molecule has 4 rings (SSSR count). The molecule has 7 nitrogen and oxygen atoms in total. The summed E-state index contributed by atoms with van der Waals surface area (Å²) in [6.45, 7) is 2.47. The van der Waals surface area contributed by atoms with E-state index in [1.165, 1.54) is 22.7 Å². The van der Waals surface area contributed by atoms with Gasteiger partial charge in [-0.3, -0.25) is 14.7 Å². The van der Waals surface area contributed by atoms with Crippen molar-refractivity contribution in [2.24, 2.45) is 0 Å². The lowest BCUT2D eigenvalue weighted by Crippen LogP contribution is -2.21. The van der Waals surface area contributed by atoms with Crippen LogP contribution in [0.1, 0.15) is 30.6 Å². The molecule has 0 saturated carbocycles. The zero-order chi connectivity index (χ0) is 18.8. The van der Waals surface area contributed by atoms with Crippen LogP contribution >= 0.6 is 22.7 Å². The molecule has 0 aliphatic carbocycles. The van der Waals surface area contributed by atoms with Crippen LogP contribution in [-0.2, 0) is 6.54 Å². The van der Waals surface area contributed by atoms with E-state index >= 15 is 0 Å². The first-order valence-electron chi connectivity index (χ1n) is 8.12. The quantitative estimate of drug-likeness (QED) is 0.479.